The second kappa shape index (κ2) is 8.41. The molecule has 2 heterocycles. The number of amides is 2. The van der Waals surface area contributed by atoms with Crippen molar-refractivity contribution >= 4 is 50.0 Å². The van der Waals surface area contributed by atoms with E-state index in [1.807, 2.05) is 30.3 Å². The van der Waals surface area contributed by atoms with Crippen LogP contribution in [0.3, 0.4) is 0 Å². The number of H-pyrrole nitrogens is 1. The van der Waals surface area contributed by atoms with E-state index in [1.165, 1.54) is 6.07 Å². The number of carbonyl (C=O) groups is 2. The third-order valence-corrected chi connectivity index (χ3v) is 5.61. The monoisotopic (exact) mass is 469 g/mol. The molecule has 2 N–H and O–H groups in total. The zero-order valence-electron chi connectivity index (χ0n) is 16.3. The molecule has 30 heavy (non-hydrogen) atoms. The van der Waals surface area contributed by atoms with Crippen molar-refractivity contribution in [1.82, 2.24) is 4.98 Å². The topological polar surface area (TPSA) is 91.5 Å². The third-order valence-electron chi connectivity index (χ3n) is 5.11. The summed E-state index contributed by atoms with van der Waals surface area (Å²) in [5.41, 5.74) is 2.49. The molecule has 1 aromatic heterocycles. The van der Waals surface area contributed by atoms with Gasteiger partial charge in [0.2, 0.25) is 17.4 Å². The summed E-state index contributed by atoms with van der Waals surface area (Å²) in [6.45, 7) is 0.644. The predicted octanol–water partition coefficient (Wildman–Crippen LogP) is 3.43. The summed E-state index contributed by atoms with van der Waals surface area (Å²) in [5, 5.41) is 3.72. The molecule has 1 aliphatic heterocycles. The van der Waals surface area contributed by atoms with Crippen LogP contribution in [0.5, 0.6) is 0 Å². The van der Waals surface area contributed by atoms with Crippen LogP contribution in [-0.4, -0.2) is 30.5 Å². The minimum atomic E-state index is -0.453. The molecule has 2 aromatic carbocycles. The number of aromatic amines is 1. The van der Waals surface area contributed by atoms with Gasteiger partial charge in [-0.2, -0.15) is 0 Å². The fraction of sp³-hybridized carbons (Fsp3) is 0.227. The van der Waals surface area contributed by atoms with Gasteiger partial charge in [-0.25, -0.2) is 0 Å². The number of halogens is 1. The molecule has 154 valence electrons. The number of methoxy groups -OCH3 is 1. The van der Waals surface area contributed by atoms with Crippen LogP contribution in [-0.2, 0) is 20.9 Å². The number of nitrogens with zero attached hydrogens (tertiary/aromatic N) is 1. The molecule has 1 atom stereocenters. The summed E-state index contributed by atoms with van der Waals surface area (Å²) in [7, 11) is 1.57. The second-order valence-electron chi connectivity index (χ2n) is 7.23. The fourth-order valence-corrected chi connectivity index (χ4v) is 4.09. The first-order valence-electron chi connectivity index (χ1n) is 9.46. The summed E-state index contributed by atoms with van der Waals surface area (Å²) >= 11 is 3.41. The number of anilines is 2. The van der Waals surface area contributed by atoms with E-state index >= 15 is 0 Å². The quantitative estimate of drug-likeness (QED) is 0.598. The van der Waals surface area contributed by atoms with Crippen LogP contribution in [0, 0.1) is 5.92 Å². The lowest BCUT2D eigenvalue weighted by atomic mass is 10.1. The van der Waals surface area contributed by atoms with Gasteiger partial charge in [-0.3, -0.25) is 14.4 Å². The van der Waals surface area contributed by atoms with Crippen LogP contribution in [0.15, 0.2) is 57.8 Å². The molecule has 1 aliphatic rings. The molecular weight excluding hydrogens is 450 g/mol. The number of hydrogen-bond acceptors (Lipinski definition) is 4. The van der Waals surface area contributed by atoms with Gasteiger partial charge in [0.1, 0.15) is 0 Å². The van der Waals surface area contributed by atoms with Gasteiger partial charge in [-0.1, -0.05) is 28.1 Å². The molecule has 8 heteroatoms. The molecule has 0 radical (unpaired) electrons. The molecular formula is C22H20BrN3O4. The first-order chi connectivity index (χ1) is 14.4. The molecule has 1 unspecified atom stereocenters. The van der Waals surface area contributed by atoms with Gasteiger partial charge in [0, 0.05) is 47.4 Å². The molecule has 1 saturated heterocycles. The van der Waals surface area contributed by atoms with Crippen LogP contribution < -0.4 is 15.8 Å². The van der Waals surface area contributed by atoms with E-state index in [1.54, 1.807) is 24.1 Å². The maximum Gasteiger partial charge on any atom is 0.248 e. The van der Waals surface area contributed by atoms with Gasteiger partial charge in [0.15, 0.2) is 0 Å². The molecule has 7 nitrogen and oxygen atoms in total. The van der Waals surface area contributed by atoms with E-state index in [0.29, 0.717) is 24.4 Å². The number of rotatable bonds is 5. The highest BCUT2D eigenvalue weighted by Gasteiger charge is 2.35. The number of nitrogens with one attached hydrogen (secondary N) is 2. The van der Waals surface area contributed by atoms with Crippen LogP contribution in [0.25, 0.3) is 10.9 Å². The Morgan fingerprint density at radius 2 is 2.07 bits per heavy atom. The number of ether oxygens (including phenoxy) is 1. The summed E-state index contributed by atoms with van der Waals surface area (Å²) < 4.78 is 6.03. The van der Waals surface area contributed by atoms with Crippen LogP contribution in [0.4, 0.5) is 11.4 Å². The molecule has 0 saturated carbocycles. The Kier molecular flexibility index (Phi) is 5.69. The zero-order chi connectivity index (χ0) is 21.3. The lowest BCUT2D eigenvalue weighted by Crippen LogP contribution is -2.28. The summed E-state index contributed by atoms with van der Waals surface area (Å²) in [5.74, 6) is -0.762. The van der Waals surface area contributed by atoms with Crippen molar-refractivity contribution in [2.24, 2.45) is 5.92 Å². The Hall–Kier alpha value is -2.97. The first-order valence-corrected chi connectivity index (χ1v) is 10.3. The van der Waals surface area contributed by atoms with Crippen molar-refractivity contribution in [3.63, 3.8) is 0 Å². The van der Waals surface area contributed by atoms with Crippen molar-refractivity contribution < 1.29 is 14.3 Å². The zero-order valence-corrected chi connectivity index (χ0v) is 17.9. The van der Waals surface area contributed by atoms with Crippen molar-refractivity contribution in [3.05, 3.63) is 68.9 Å². The van der Waals surface area contributed by atoms with Gasteiger partial charge in [-0.15, -0.1) is 0 Å². The average molecular weight is 470 g/mol. The molecule has 0 aliphatic carbocycles. The van der Waals surface area contributed by atoms with Gasteiger partial charge in [0.05, 0.1) is 18.0 Å². The lowest BCUT2D eigenvalue weighted by molar-refractivity contribution is -0.122. The summed E-state index contributed by atoms with van der Waals surface area (Å²) in [6, 6.07) is 14.3. The summed E-state index contributed by atoms with van der Waals surface area (Å²) in [4.78, 5) is 41.5. The maximum absolute atomic E-state index is 12.8. The summed E-state index contributed by atoms with van der Waals surface area (Å²) in [6.07, 6.45) is 0.154. The number of fused-ring (bicyclic) bond motifs is 1. The van der Waals surface area contributed by atoms with E-state index in [4.69, 9.17) is 4.74 Å². The minimum absolute atomic E-state index is 0.0831. The standard InChI is InChI=1S/C22H20BrN3O4/c1-30-12-14-7-20(27)25-19-10-16(5-6-18(14)19)24-22(29)13-8-21(28)26(11-13)17-4-2-3-15(23)9-17/h2-7,9-10,13H,8,11-12H2,1H3,(H,24,29)(H,25,27). The Balaban J connectivity index is 1.52. The molecule has 2 amide bonds. The Morgan fingerprint density at radius 1 is 1.23 bits per heavy atom. The first kappa shape index (κ1) is 20.3. The van der Waals surface area contributed by atoms with Gasteiger partial charge in [0.25, 0.3) is 0 Å². The second-order valence-corrected chi connectivity index (χ2v) is 8.14. The van der Waals surface area contributed by atoms with Crippen LogP contribution in [0.1, 0.15) is 12.0 Å². The van der Waals surface area contributed by atoms with E-state index in [9.17, 15) is 14.4 Å². The highest BCUT2D eigenvalue weighted by molar-refractivity contribution is 9.10. The Labute approximate surface area is 181 Å². The van der Waals surface area contributed by atoms with Crippen molar-refractivity contribution in [1.29, 1.82) is 0 Å². The molecule has 3 aromatic rings. The van der Waals surface area contributed by atoms with E-state index in [-0.39, 0.29) is 23.8 Å². The highest BCUT2D eigenvalue weighted by atomic mass is 79.9. The van der Waals surface area contributed by atoms with Gasteiger partial charge in [-0.05, 0) is 35.9 Å². The van der Waals surface area contributed by atoms with Gasteiger partial charge >= 0.3 is 0 Å². The smallest absolute Gasteiger partial charge is 0.248 e. The molecule has 4 rings (SSSR count). The van der Waals surface area contributed by atoms with E-state index < -0.39 is 5.92 Å². The molecule has 0 spiro atoms. The van der Waals surface area contributed by atoms with Crippen molar-refractivity contribution in [2.45, 2.75) is 13.0 Å². The number of hydrogen-bond donors (Lipinski definition) is 2. The van der Waals surface area contributed by atoms with Crippen molar-refractivity contribution in [3.8, 4) is 0 Å². The molecule has 0 bridgehead atoms. The fourth-order valence-electron chi connectivity index (χ4n) is 3.71. The largest absolute Gasteiger partial charge is 0.380 e. The minimum Gasteiger partial charge on any atom is -0.380 e. The highest BCUT2D eigenvalue weighted by Crippen LogP contribution is 2.28. The number of aromatic nitrogens is 1. The number of benzene rings is 2. The predicted molar refractivity (Wildman–Crippen MR) is 119 cm³/mol. The van der Waals surface area contributed by atoms with E-state index in [2.05, 4.69) is 26.2 Å². The van der Waals surface area contributed by atoms with E-state index in [0.717, 1.165) is 21.1 Å². The Bertz CT molecular complexity index is 1190. The Morgan fingerprint density at radius 3 is 2.83 bits per heavy atom. The van der Waals surface area contributed by atoms with Crippen LogP contribution in [0.2, 0.25) is 0 Å². The molecule has 1 fully saturated rings. The maximum atomic E-state index is 12.8. The van der Waals surface area contributed by atoms with Crippen LogP contribution >= 0.6 is 15.9 Å². The normalized spacial score (nSPS) is 16.3. The third kappa shape index (κ3) is 4.15. The number of pyridine rings is 1. The lowest BCUT2D eigenvalue weighted by Gasteiger charge is -2.17. The number of carbonyl (C=O) groups excluding carboxylic acids is 2. The SMILES string of the molecule is COCc1cc(=O)[nH]c2cc(NC(=O)C3CC(=O)N(c4cccc(Br)c4)C3)ccc12. The van der Waals surface area contributed by atoms with Crippen molar-refractivity contribution in [2.75, 3.05) is 23.9 Å². The average Bonchev–Trinajstić information content (AvgIpc) is 3.10. The van der Waals surface area contributed by atoms with Gasteiger partial charge < -0.3 is 19.9 Å².